The van der Waals surface area contributed by atoms with Gasteiger partial charge in [-0.3, -0.25) is 14.9 Å². The van der Waals surface area contributed by atoms with Crippen molar-refractivity contribution in [2.75, 3.05) is 5.32 Å². The number of nitro benzene ring substituents is 1. The number of carbonyl (C=O) groups excluding carboxylic acids is 1. The van der Waals surface area contributed by atoms with Crippen LogP contribution in [0.2, 0.25) is 0 Å². The number of benzene rings is 3. The minimum absolute atomic E-state index is 0.0885. The Morgan fingerprint density at radius 2 is 1.80 bits per heavy atom. The first-order chi connectivity index (χ1) is 14.5. The van der Waals surface area contributed by atoms with Crippen molar-refractivity contribution in [2.24, 2.45) is 0 Å². The molecular formula is C22H17FN4O3. The van der Waals surface area contributed by atoms with Gasteiger partial charge in [-0.2, -0.15) is 0 Å². The van der Waals surface area contributed by atoms with Gasteiger partial charge in [0.2, 0.25) is 5.91 Å². The van der Waals surface area contributed by atoms with Crippen LogP contribution in [-0.4, -0.2) is 20.8 Å². The number of aromatic nitrogens is 2. The molecule has 4 rings (SSSR count). The largest absolute Gasteiger partial charge is 0.342 e. The third-order valence-corrected chi connectivity index (χ3v) is 4.67. The molecule has 2 N–H and O–H groups in total. The highest BCUT2D eigenvalue weighted by atomic mass is 19.1. The molecule has 0 unspecified atom stereocenters. The van der Waals surface area contributed by atoms with Crippen LogP contribution in [0.3, 0.4) is 0 Å². The highest BCUT2D eigenvalue weighted by molar-refractivity contribution is 5.94. The predicted molar refractivity (Wildman–Crippen MR) is 111 cm³/mol. The van der Waals surface area contributed by atoms with Gasteiger partial charge in [0.25, 0.3) is 5.69 Å². The number of rotatable bonds is 6. The summed E-state index contributed by atoms with van der Waals surface area (Å²) in [6.45, 7) is 0. The number of halogens is 1. The summed E-state index contributed by atoms with van der Waals surface area (Å²) in [5.74, 6) is -0.0471. The number of anilines is 1. The number of amides is 1. The van der Waals surface area contributed by atoms with Crippen LogP contribution in [0.15, 0.2) is 66.7 Å². The second-order valence-electron chi connectivity index (χ2n) is 6.79. The van der Waals surface area contributed by atoms with Gasteiger partial charge in [0.15, 0.2) is 0 Å². The molecular weight excluding hydrogens is 387 g/mol. The van der Waals surface area contributed by atoms with Crippen molar-refractivity contribution >= 4 is 28.3 Å². The van der Waals surface area contributed by atoms with E-state index in [2.05, 4.69) is 15.3 Å². The number of nitrogens with one attached hydrogen (secondary N) is 2. The monoisotopic (exact) mass is 404 g/mol. The maximum Gasteiger partial charge on any atom is 0.273 e. The Bertz CT molecular complexity index is 1250. The van der Waals surface area contributed by atoms with Gasteiger partial charge in [0.05, 0.1) is 22.4 Å². The summed E-state index contributed by atoms with van der Waals surface area (Å²) in [5, 5.41) is 13.8. The molecule has 0 aliphatic rings. The quantitative estimate of drug-likeness (QED) is 0.368. The lowest BCUT2D eigenvalue weighted by molar-refractivity contribution is -0.385. The normalized spacial score (nSPS) is 10.8. The molecule has 0 aliphatic heterocycles. The van der Waals surface area contributed by atoms with Crippen molar-refractivity contribution in [2.45, 2.75) is 12.8 Å². The number of imidazole rings is 1. The molecule has 0 saturated carbocycles. The van der Waals surface area contributed by atoms with E-state index in [4.69, 9.17) is 0 Å². The fourth-order valence-electron chi connectivity index (χ4n) is 3.26. The molecule has 0 saturated heterocycles. The minimum atomic E-state index is -0.504. The SMILES string of the molecule is O=C(Cc1ccccc1[N+](=O)[O-])Nc1ccc2nc(Cc3ccccc3F)[nH]c2c1. The molecule has 0 bridgehead atoms. The van der Waals surface area contributed by atoms with Crippen LogP contribution < -0.4 is 5.32 Å². The lowest BCUT2D eigenvalue weighted by Crippen LogP contribution is -2.15. The molecule has 0 fully saturated rings. The maximum atomic E-state index is 13.9. The van der Waals surface area contributed by atoms with Gasteiger partial charge in [-0.1, -0.05) is 36.4 Å². The zero-order chi connectivity index (χ0) is 21.1. The summed E-state index contributed by atoms with van der Waals surface area (Å²) in [6, 6.07) is 17.8. The number of aromatic amines is 1. The van der Waals surface area contributed by atoms with Gasteiger partial charge in [0, 0.05) is 23.7 Å². The predicted octanol–water partition coefficient (Wildman–Crippen LogP) is 4.38. The Labute approximate surface area is 170 Å². The number of carbonyl (C=O) groups is 1. The fourth-order valence-corrected chi connectivity index (χ4v) is 3.26. The zero-order valence-corrected chi connectivity index (χ0v) is 15.8. The third-order valence-electron chi connectivity index (χ3n) is 4.67. The van der Waals surface area contributed by atoms with E-state index in [1.165, 1.54) is 12.1 Å². The second-order valence-corrected chi connectivity index (χ2v) is 6.79. The van der Waals surface area contributed by atoms with E-state index in [9.17, 15) is 19.3 Å². The average Bonchev–Trinajstić information content (AvgIpc) is 3.11. The molecule has 8 heteroatoms. The molecule has 1 heterocycles. The number of H-pyrrole nitrogens is 1. The summed E-state index contributed by atoms with van der Waals surface area (Å²) in [4.78, 5) is 30.6. The maximum absolute atomic E-state index is 13.9. The lowest BCUT2D eigenvalue weighted by Gasteiger charge is -2.06. The Morgan fingerprint density at radius 1 is 1.07 bits per heavy atom. The Morgan fingerprint density at radius 3 is 2.57 bits per heavy atom. The molecule has 3 aromatic carbocycles. The van der Waals surface area contributed by atoms with Crippen molar-refractivity contribution in [3.63, 3.8) is 0 Å². The van der Waals surface area contributed by atoms with Crippen molar-refractivity contribution in [1.29, 1.82) is 0 Å². The van der Waals surface area contributed by atoms with Crippen molar-refractivity contribution < 1.29 is 14.1 Å². The Balaban J connectivity index is 1.49. The number of nitrogens with zero attached hydrogens (tertiary/aromatic N) is 2. The highest BCUT2D eigenvalue weighted by Gasteiger charge is 2.16. The van der Waals surface area contributed by atoms with Crippen molar-refractivity contribution in [3.05, 3.63) is 99.6 Å². The zero-order valence-electron chi connectivity index (χ0n) is 15.8. The van der Waals surface area contributed by atoms with Gasteiger partial charge in [-0.05, 0) is 29.8 Å². The van der Waals surface area contributed by atoms with Crippen LogP contribution in [0, 0.1) is 15.9 Å². The van der Waals surface area contributed by atoms with Crippen LogP contribution in [-0.2, 0) is 17.6 Å². The third kappa shape index (κ3) is 4.17. The first-order valence-electron chi connectivity index (χ1n) is 9.24. The number of hydrogen-bond acceptors (Lipinski definition) is 4. The molecule has 1 aromatic heterocycles. The van der Waals surface area contributed by atoms with Gasteiger partial charge in [-0.15, -0.1) is 0 Å². The van der Waals surface area contributed by atoms with E-state index >= 15 is 0 Å². The molecule has 0 aliphatic carbocycles. The van der Waals surface area contributed by atoms with E-state index in [0.717, 1.165) is 0 Å². The van der Waals surface area contributed by atoms with Gasteiger partial charge in [0.1, 0.15) is 11.6 Å². The summed E-state index contributed by atoms with van der Waals surface area (Å²) in [5.41, 5.74) is 2.72. The summed E-state index contributed by atoms with van der Waals surface area (Å²) < 4.78 is 13.9. The second kappa shape index (κ2) is 8.12. The molecule has 1 amide bonds. The van der Waals surface area contributed by atoms with Crippen LogP contribution in [0.1, 0.15) is 17.0 Å². The Kier molecular flexibility index (Phi) is 5.21. The smallest absolute Gasteiger partial charge is 0.273 e. The molecule has 0 radical (unpaired) electrons. The number of fused-ring (bicyclic) bond motifs is 1. The molecule has 30 heavy (non-hydrogen) atoms. The van der Waals surface area contributed by atoms with Crippen LogP contribution >= 0.6 is 0 Å². The fraction of sp³-hybridized carbons (Fsp3) is 0.0909. The summed E-state index contributed by atoms with van der Waals surface area (Å²) in [7, 11) is 0. The summed E-state index contributed by atoms with van der Waals surface area (Å²) in [6.07, 6.45) is 0.206. The van der Waals surface area contributed by atoms with Crippen LogP contribution in [0.5, 0.6) is 0 Å². The topological polar surface area (TPSA) is 101 Å². The van der Waals surface area contributed by atoms with Crippen molar-refractivity contribution in [3.8, 4) is 0 Å². The molecule has 0 atom stereocenters. The lowest BCUT2D eigenvalue weighted by atomic mass is 10.1. The van der Waals surface area contributed by atoms with E-state index in [-0.39, 0.29) is 23.8 Å². The van der Waals surface area contributed by atoms with E-state index in [1.54, 1.807) is 54.6 Å². The number of hydrogen-bond donors (Lipinski definition) is 2. The standard InChI is InChI=1S/C22H17FN4O3/c23-17-7-3-1-5-14(17)11-21-25-18-10-9-16(13-19(18)26-21)24-22(28)12-15-6-2-4-8-20(15)27(29)30/h1-10,13H,11-12H2,(H,24,28)(H,25,26). The highest BCUT2D eigenvalue weighted by Crippen LogP contribution is 2.21. The Hall–Kier alpha value is -4.07. The van der Waals surface area contributed by atoms with Crippen molar-refractivity contribution in [1.82, 2.24) is 9.97 Å². The van der Waals surface area contributed by atoms with Gasteiger partial charge < -0.3 is 10.3 Å². The first kappa shape index (κ1) is 19.3. The van der Waals surface area contributed by atoms with E-state index in [1.807, 2.05) is 0 Å². The molecule has 4 aromatic rings. The summed E-state index contributed by atoms with van der Waals surface area (Å²) >= 11 is 0. The van der Waals surface area contributed by atoms with E-state index in [0.29, 0.717) is 40.1 Å². The molecule has 0 spiro atoms. The minimum Gasteiger partial charge on any atom is -0.342 e. The first-order valence-corrected chi connectivity index (χ1v) is 9.24. The average molecular weight is 404 g/mol. The van der Waals surface area contributed by atoms with Crippen LogP contribution in [0.4, 0.5) is 15.8 Å². The number of para-hydroxylation sites is 1. The van der Waals surface area contributed by atoms with E-state index < -0.39 is 4.92 Å². The van der Waals surface area contributed by atoms with Crippen LogP contribution in [0.25, 0.3) is 11.0 Å². The van der Waals surface area contributed by atoms with Gasteiger partial charge >= 0.3 is 0 Å². The molecule has 7 nitrogen and oxygen atoms in total. The number of nitro groups is 1. The van der Waals surface area contributed by atoms with Gasteiger partial charge in [-0.25, -0.2) is 9.37 Å². The molecule has 150 valence electrons.